The number of H-pyrrole nitrogens is 1. The van der Waals surface area contributed by atoms with Crippen LogP contribution < -0.4 is 5.73 Å². The highest BCUT2D eigenvalue weighted by atomic mass is 35.5. The van der Waals surface area contributed by atoms with Gasteiger partial charge >= 0.3 is 0 Å². The lowest BCUT2D eigenvalue weighted by atomic mass is 9.83. The number of hydrogen-bond acceptors (Lipinski definition) is 5. The standard InChI is InChI=1S/C18H19ClN4O2/c19-13-1-2-14-15(7-13)18(25-17(14)16(20)11-24)3-5-23(6-4-18)10-12-8-21-22-9-12/h1-2,7-9,17H,3-6,10,20H2,(H,21,22). The molecule has 1 unspecified atom stereocenters. The molecule has 3 N–H and O–H groups in total. The Balaban J connectivity index is 1.59. The molecule has 1 atom stereocenters. The van der Waals surface area contributed by atoms with E-state index in [9.17, 15) is 4.79 Å². The maximum absolute atomic E-state index is 11.1. The zero-order valence-corrected chi connectivity index (χ0v) is 14.4. The highest BCUT2D eigenvalue weighted by molar-refractivity contribution is 6.30. The van der Waals surface area contributed by atoms with Gasteiger partial charge in [0.1, 0.15) is 17.7 Å². The Kier molecular flexibility index (Phi) is 4.13. The first-order valence-electron chi connectivity index (χ1n) is 8.29. The minimum Gasteiger partial charge on any atom is -0.391 e. The molecule has 0 saturated carbocycles. The molecule has 1 spiro atoms. The van der Waals surface area contributed by atoms with Crippen LogP contribution >= 0.6 is 11.6 Å². The molecule has 3 heterocycles. The Morgan fingerprint density at radius 1 is 1.48 bits per heavy atom. The molecular weight excluding hydrogens is 340 g/mol. The lowest BCUT2D eigenvalue weighted by Crippen LogP contribution is -2.42. The number of benzene rings is 1. The number of aromatic amines is 1. The summed E-state index contributed by atoms with van der Waals surface area (Å²) in [6.07, 6.45) is 4.86. The van der Waals surface area contributed by atoms with Crippen LogP contribution in [0.4, 0.5) is 0 Å². The molecular formula is C18H19ClN4O2. The SMILES string of the molecule is NC(=C=O)C1OC2(CCN(Cc3cn[nH]c3)CC2)c2cc(Cl)ccc21. The predicted octanol–water partition coefficient (Wildman–Crippen LogP) is 2.30. The summed E-state index contributed by atoms with van der Waals surface area (Å²) in [6, 6.07) is 5.65. The summed E-state index contributed by atoms with van der Waals surface area (Å²) < 4.78 is 6.32. The van der Waals surface area contributed by atoms with Crippen LogP contribution in [0.2, 0.25) is 5.02 Å². The number of piperidine rings is 1. The maximum atomic E-state index is 11.1. The Labute approximate surface area is 150 Å². The fraction of sp³-hybridized carbons (Fsp3) is 0.389. The summed E-state index contributed by atoms with van der Waals surface area (Å²) in [5.74, 6) is 1.79. The summed E-state index contributed by atoms with van der Waals surface area (Å²) in [4.78, 5) is 13.4. The monoisotopic (exact) mass is 358 g/mol. The van der Waals surface area contributed by atoms with Crippen molar-refractivity contribution < 1.29 is 9.53 Å². The molecule has 1 aromatic carbocycles. The van der Waals surface area contributed by atoms with Crippen molar-refractivity contribution in [2.45, 2.75) is 31.1 Å². The fourth-order valence-corrected chi connectivity index (χ4v) is 4.04. The number of hydrogen-bond donors (Lipinski definition) is 2. The van der Waals surface area contributed by atoms with Gasteiger partial charge in [-0.3, -0.25) is 10.00 Å². The van der Waals surface area contributed by atoms with Crippen molar-refractivity contribution in [1.29, 1.82) is 0 Å². The highest BCUT2D eigenvalue weighted by Crippen LogP contribution is 2.51. The number of fused-ring (bicyclic) bond motifs is 2. The molecule has 2 aliphatic heterocycles. The number of halogens is 1. The van der Waals surface area contributed by atoms with Gasteiger partial charge in [-0.15, -0.1) is 0 Å². The number of likely N-dealkylation sites (tertiary alicyclic amines) is 1. The van der Waals surface area contributed by atoms with E-state index in [-0.39, 0.29) is 5.70 Å². The fourth-order valence-electron chi connectivity index (χ4n) is 3.87. The Hall–Kier alpha value is -2.11. The first-order valence-corrected chi connectivity index (χ1v) is 8.67. The lowest BCUT2D eigenvalue weighted by Gasteiger charge is -2.39. The molecule has 4 rings (SSSR count). The first kappa shape index (κ1) is 16.4. The molecule has 0 radical (unpaired) electrons. The average molecular weight is 359 g/mol. The first-order chi connectivity index (χ1) is 12.1. The van der Waals surface area contributed by atoms with Gasteiger partial charge in [0, 0.05) is 36.4 Å². The van der Waals surface area contributed by atoms with Crippen LogP contribution in [-0.2, 0) is 21.7 Å². The third-order valence-electron chi connectivity index (χ3n) is 5.16. The molecule has 7 heteroatoms. The molecule has 0 aliphatic carbocycles. The molecule has 0 bridgehead atoms. The number of carbonyl (C=O) groups excluding carboxylic acids is 1. The number of nitrogens with two attached hydrogens (primary N) is 1. The van der Waals surface area contributed by atoms with Gasteiger partial charge < -0.3 is 10.5 Å². The van der Waals surface area contributed by atoms with E-state index in [2.05, 4.69) is 15.1 Å². The van der Waals surface area contributed by atoms with Crippen LogP contribution in [0.3, 0.4) is 0 Å². The van der Waals surface area contributed by atoms with E-state index < -0.39 is 11.7 Å². The van der Waals surface area contributed by atoms with Gasteiger partial charge in [0.2, 0.25) is 0 Å². The lowest BCUT2D eigenvalue weighted by molar-refractivity contribution is -0.0989. The molecule has 1 aromatic heterocycles. The Morgan fingerprint density at radius 3 is 2.96 bits per heavy atom. The van der Waals surface area contributed by atoms with Crippen molar-refractivity contribution in [3.63, 3.8) is 0 Å². The number of nitrogens with zero attached hydrogens (tertiary/aromatic N) is 2. The van der Waals surface area contributed by atoms with Gasteiger partial charge in [-0.25, -0.2) is 4.79 Å². The minimum atomic E-state index is -0.537. The van der Waals surface area contributed by atoms with E-state index in [0.717, 1.165) is 49.2 Å². The van der Waals surface area contributed by atoms with E-state index in [1.165, 1.54) is 0 Å². The van der Waals surface area contributed by atoms with Crippen molar-refractivity contribution in [3.05, 3.63) is 58.0 Å². The highest BCUT2D eigenvalue weighted by Gasteiger charge is 2.47. The molecule has 1 fully saturated rings. The Bertz CT molecular complexity index is 822. The van der Waals surface area contributed by atoms with Gasteiger partial charge in [-0.05, 0) is 36.1 Å². The summed E-state index contributed by atoms with van der Waals surface area (Å²) in [6.45, 7) is 2.62. The largest absolute Gasteiger partial charge is 0.391 e. The number of ether oxygens (including phenoxy) is 1. The second-order valence-corrected chi connectivity index (χ2v) is 7.10. The predicted molar refractivity (Wildman–Crippen MR) is 93.4 cm³/mol. The third-order valence-corrected chi connectivity index (χ3v) is 5.39. The summed E-state index contributed by atoms with van der Waals surface area (Å²) in [5, 5.41) is 7.50. The van der Waals surface area contributed by atoms with E-state index in [0.29, 0.717) is 5.02 Å². The smallest absolute Gasteiger partial charge is 0.148 e. The third kappa shape index (κ3) is 2.87. The van der Waals surface area contributed by atoms with Crippen molar-refractivity contribution >= 4 is 17.5 Å². The second-order valence-electron chi connectivity index (χ2n) is 6.66. The summed E-state index contributed by atoms with van der Waals surface area (Å²) >= 11 is 6.22. The average Bonchev–Trinajstić information content (AvgIpc) is 3.23. The van der Waals surface area contributed by atoms with Crippen molar-refractivity contribution in [1.82, 2.24) is 15.1 Å². The molecule has 0 amide bonds. The maximum Gasteiger partial charge on any atom is 0.148 e. The van der Waals surface area contributed by atoms with Crippen LogP contribution in [0.1, 0.15) is 35.6 Å². The molecule has 1 saturated heterocycles. The molecule has 130 valence electrons. The van der Waals surface area contributed by atoms with Gasteiger partial charge in [0.05, 0.1) is 11.8 Å². The molecule has 6 nitrogen and oxygen atoms in total. The molecule has 2 aromatic rings. The zero-order valence-electron chi connectivity index (χ0n) is 13.7. The van der Waals surface area contributed by atoms with E-state index in [1.54, 1.807) is 5.94 Å². The van der Waals surface area contributed by atoms with Gasteiger partial charge in [0.25, 0.3) is 0 Å². The number of nitrogens with one attached hydrogen (secondary N) is 1. The van der Waals surface area contributed by atoms with Gasteiger partial charge in [0.15, 0.2) is 0 Å². The van der Waals surface area contributed by atoms with Gasteiger partial charge in [-0.2, -0.15) is 5.10 Å². The van der Waals surface area contributed by atoms with Gasteiger partial charge in [-0.1, -0.05) is 17.7 Å². The second kappa shape index (κ2) is 6.32. The van der Waals surface area contributed by atoms with E-state index >= 15 is 0 Å². The van der Waals surface area contributed by atoms with Crippen molar-refractivity contribution in [2.75, 3.05) is 13.1 Å². The molecule has 2 aliphatic rings. The Morgan fingerprint density at radius 2 is 2.28 bits per heavy atom. The van der Waals surface area contributed by atoms with Crippen LogP contribution in [0.15, 0.2) is 36.3 Å². The van der Waals surface area contributed by atoms with Crippen LogP contribution in [0, 0.1) is 0 Å². The molecule has 25 heavy (non-hydrogen) atoms. The topological polar surface area (TPSA) is 84.2 Å². The normalized spacial score (nSPS) is 21.9. The summed E-state index contributed by atoms with van der Waals surface area (Å²) in [5.41, 5.74) is 8.63. The number of aromatic nitrogens is 2. The van der Waals surface area contributed by atoms with Crippen LogP contribution in [0.25, 0.3) is 0 Å². The van der Waals surface area contributed by atoms with Crippen molar-refractivity contribution in [3.8, 4) is 0 Å². The van der Waals surface area contributed by atoms with Crippen molar-refractivity contribution in [2.24, 2.45) is 5.73 Å². The van der Waals surface area contributed by atoms with E-state index in [1.807, 2.05) is 30.6 Å². The minimum absolute atomic E-state index is 0.0845. The quantitative estimate of drug-likeness (QED) is 0.822. The zero-order chi connectivity index (χ0) is 17.4. The number of rotatable bonds is 3. The summed E-state index contributed by atoms with van der Waals surface area (Å²) in [7, 11) is 0. The van der Waals surface area contributed by atoms with Crippen LogP contribution in [0.5, 0.6) is 0 Å². The van der Waals surface area contributed by atoms with E-state index in [4.69, 9.17) is 22.1 Å². The van der Waals surface area contributed by atoms with Crippen LogP contribution in [-0.4, -0.2) is 34.1 Å².